The number of benzene rings is 1. The summed E-state index contributed by atoms with van der Waals surface area (Å²) in [6.45, 7) is 4.45. The van der Waals surface area contributed by atoms with Crippen molar-refractivity contribution in [3.63, 3.8) is 0 Å². The van der Waals surface area contributed by atoms with Gasteiger partial charge in [0.15, 0.2) is 11.5 Å². The van der Waals surface area contributed by atoms with Gasteiger partial charge in [0.1, 0.15) is 11.4 Å². The molecule has 9 nitrogen and oxygen atoms in total. The maximum absolute atomic E-state index is 12.6. The number of anilines is 1. The van der Waals surface area contributed by atoms with Gasteiger partial charge >= 0.3 is 0 Å². The summed E-state index contributed by atoms with van der Waals surface area (Å²) in [6.07, 6.45) is 4.03. The first-order chi connectivity index (χ1) is 14.4. The van der Waals surface area contributed by atoms with Gasteiger partial charge in [-0.2, -0.15) is 0 Å². The van der Waals surface area contributed by atoms with Gasteiger partial charge in [-0.3, -0.25) is 14.9 Å². The molecule has 9 heteroatoms. The predicted molar refractivity (Wildman–Crippen MR) is 112 cm³/mol. The van der Waals surface area contributed by atoms with Crippen LogP contribution in [0.1, 0.15) is 35.7 Å². The Hall–Kier alpha value is -3.36. The van der Waals surface area contributed by atoms with Crippen LogP contribution in [0.3, 0.4) is 0 Å². The lowest BCUT2D eigenvalue weighted by atomic mass is 9.99. The van der Waals surface area contributed by atoms with Crippen molar-refractivity contribution >= 4 is 17.4 Å². The van der Waals surface area contributed by atoms with Gasteiger partial charge in [0.2, 0.25) is 0 Å². The fourth-order valence-corrected chi connectivity index (χ4v) is 3.42. The maximum Gasteiger partial charge on any atom is 0.286 e. The van der Waals surface area contributed by atoms with Crippen LogP contribution in [0.15, 0.2) is 30.5 Å². The molecule has 1 aliphatic heterocycles. The summed E-state index contributed by atoms with van der Waals surface area (Å²) in [4.78, 5) is 30.2. The quantitative estimate of drug-likeness (QED) is 0.548. The molecule has 1 N–H and O–H groups in total. The van der Waals surface area contributed by atoms with Crippen LogP contribution in [0.25, 0.3) is 0 Å². The van der Waals surface area contributed by atoms with E-state index >= 15 is 0 Å². The fourth-order valence-electron chi connectivity index (χ4n) is 3.42. The van der Waals surface area contributed by atoms with E-state index in [2.05, 4.69) is 22.1 Å². The van der Waals surface area contributed by atoms with E-state index in [0.29, 0.717) is 0 Å². The summed E-state index contributed by atoms with van der Waals surface area (Å²) in [7, 11) is 2.78. The lowest BCUT2D eigenvalue weighted by molar-refractivity contribution is -0.385. The highest BCUT2D eigenvalue weighted by Gasteiger charge is 2.24. The second kappa shape index (κ2) is 9.43. The standard InChI is InChI=1S/C21H26N4O5/c1-14-6-8-24(9-7-14)20-5-4-15(12-22-20)13-23-21(26)16-10-18(29-2)19(30-3)11-17(16)25(27)28/h4-5,10-12,14H,6-9,13H2,1-3H3,(H,23,26). The Morgan fingerprint density at radius 1 is 1.23 bits per heavy atom. The number of ether oxygens (including phenoxy) is 2. The molecule has 160 valence electrons. The number of methoxy groups -OCH3 is 2. The van der Waals surface area contributed by atoms with Crippen molar-refractivity contribution in [2.24, 2.45) is 5.92 Å². The number of hydrogen-bond acceptors (Lipinski definition) is 7. The van der Waals surface area contributed by atoms with Crippen molar-refractivity contribution < 1.29 is 19.2 Å². The molecule has 1 aliphatic rings. The van der Waals surface area contributed by atoms with Gasteiger partial charge < -0.3 is 19.7 Å². The summed E-state index contributed by atoms with van der Waals surface area (Å²) in [5.41, 5.74) is 0.364. The van der Waals surface area contributed by atoms with Crippen LogP contribution < -0.4 is 19.7 Å². The number of piperidine rings is 1. The number of hydrogen-bond donors (Lipinski definition) is 1. The first-order valence-electron chi connectivity index (χ1n) is 9.81. The molecule has 2 aromatic rings. The van der Waals surface area contributed by atoms with Crippen LogP contribution in [0.4, 0.5) is 11.5 Å². The molecule has 2 heterocycles. The number of carbonyl (C=O) groups is 1. The number of carbonyl (C=O) groups excluding carboxylic acids is 1. The van der Waals surface area contributed by atoms with Crippen molar-refractivity contribution in [3.05, 3.63) is 51.7 Å². The zero-order valence-electron chi connectivity index (χ0n) is 17.4. The van der Waals surface area contributed by atoms with Gasteiger partial charge in [-0.15, -0.1) is 0 Å². The molecule has 0 atom stereocenters. The number of pyridine rings is 1. The fraction of sp³-hybridized carbons (Fsp3) is 0.429. The van der Waals surface area contributed by atoms with Crippen molar-refractivity contribution in [2.75, 3.05) is 32.2 Å². The summed E-state index contributed by atoms with van der Waals surface area (Å²) in [5, 5.41) is 14.1. The second-order valence-corrected chi connectivity index (χ2v) is 7.36. The normalized spacial score (nSPS) is 14.3. The minimum Gasteiger partial charge on any atom is -0.493 e. The van der Waals surface area contributed by atoms with Crippen molar-refractivity contribution in [3.8, 4) is 11.5 Å². The molecule has 0 spiro atoms. The lowest BCUT2D eigenvalue weighted by Crippen LogP contribution is -2.33. The van der Waals surface area contributed by atoms with E-state index in [-0.39, 0.29) is 29.3 Å². The average molecular weight is 414 g/mol. The van der Waals surface area contributed by atoms with E-state index < -0.39 is 10.8 Å². The molecule has 3 rings (SSSR count). The van der Waals surface area contributed by atoms with Crippen molar-refractivity contribution in [1.29, 1.82) is 0 Å². The molecule has 1 aromatic heterocycles. The number of amides is 1. The first kappa shape index (κ1) is 21.4. The zero-order chi connectivity index (χ0) is 21.7. The van der Waals surface area contributed by atoms with Gasteiger partial charge in [-0.25, -0.2) is 4.98 Å². The third-order valence-corrected chi connectivity index (χ3v) is 5.31. The van der Waals surface area contributed by atoms with E-state index in [1.165, 1.54) is 26.4 Å². The van der Waals surface area contributed by atoms with Crippen LogP contribution in [0, 0.1) is 16.0 Å². The SMILES string of the molecule is COc1cc(C(=O)NCc2ccc(N3CCC(C)CC3)nc2)c([N+](=O)[O-])cc1OC. The number of nitro benzene ring substituents is 1. The van der Waals surface area contributed by atoms with Crippen molar-refractivity contribution in [2.45, 2.75) is 26.3 Å². The highest BCUT2D eigenvalue weighted by atomic mass is 16.6. The minimum atomic E-state index is -0.618. The molecule has 1 fully saturated rings. The van der Waals surface area contributed by atoms with Crippen molar-refractivity contribution in [1.82, 2.24) is 10.3 Å². The maximum atomic E-state index is 12.6. The average Bonchev–Trinajstić information content (AvgIpc) is 2.77. The number of aromatic nitrogens is 1. The summed E-state index contributed by atoms with van der Waals surface area (Å²) in [5.74, 6) is 1.53. The molecule has 1 amide bonds. The van der Waals surface area contributed by atoms with Gasteiger partial charge in [0.05, 0.1) is 25.2 Å². The molecule has 0 aliphatic carbocycles. The number of nitrogens with zero attached hydrogens (tertiary/aromatic N) is 3. The first-order valence-corrected chi connectivity index (χ1v) is 9.81. The molecule has 0 saturated carbocycles. The van der Waals surface area contributed by atoms with Crippen LogP contribution >= 0.6 is 0 Å². The van der Waals surface area contributed by atoms with E-state index in [1.807, 2.05) is 12.1 Å². The smallest absolute Gasteiger partial charge is 0.286 e. The number of nitrogens with one attached hydrogen (secondary N) is 1. The Bertz CT molecular complexity index is 908. The Labute approximate surface area is 175 Å². The van der Waals surface area contributed by atoms with E-state index in [9.17, 15) is 14.9 Å². The minimum absolute atomic E-state index is 0.0929. The third kappa shape index (κ3) is 4.79. The predicted octanol–water partition coefficient (Wildman–Crippen LogP) is 3.17. The topological polar surface area (TPSA) is 107 Å². The molecular formula is C21H26N4O5. The van der Waals surface area contributed by atoms with Crippen LogP contribution in [0.5, 0.6) is 11.5 Å². The molecular weight excluding hydrogens is 388 g/mol. The molecule has 0 bridgehead atoms. The van der Waals surface area contributed by atoms with Gasteiger partial charge in [0, 0.05) is 31.9 Å². The molecule has 0 unspecified atom stereocenters. The Balaban J connectivity index is 1.69. The Kier molecular flexibility index (Phi) is 6.71. The van der Waals surface area contributed by atoms with Crippen LogP contribution in [0.2, 0.25) is 0 Å². The van der Waals surface area contributed by atoms with E-state index in [1.54, 1.807) is 6.20 Å². The van der Waals surface area contributed by atoms with Gasteiger partial charge in [0.25, 0.3) is 11.6 Å². The second-order valence-electron chi connectivity index (χ2n) is 7.36. The number of nitro groups is 1. The van der Waals surface area contributed by atoms with Crippen LogP contribution in [-0.4, -0.2) is 43.1 Å². The van der Waals surface area contributed by atoms with Gasteiger partial charge in [-0.05, 0) is 30.4 Å². The van der Waals surface area contributed by atoms with Gasteiger partial charge in [-0.1, -0.05) is 13.0 Å². The molecule has 0 radical (unpaired) electrons. The highest BCUT2D eigenvalue weighted by Crippen LogP contribution is 2.34. The highest BCUT2D eigenvalue weighted by molar-refractivity contribution is 5.99. The third-order valence-electron chi connectivity index (χ3n) is 5.31. The molecule has 1 aromatic carbocycles. The van der Waals surface area contributed by atoms with E-state index in [4.69, 9.17) is 9.47 Å². The van der Waals surface area contributed by atoms with Crippen LogP contribution in [-0.2, 0) is 6.54 Å². The molecule has 1 saturated heterocycles. The largest absolute Gasteiger partial charge is 0.493 e. The summed E-state index contributed by atoms with van der Waals surface area (Å²) in [6, 6.07) is 6.34. The number of rotatable bonds is 7. The monoisotopic (exact) mass is 414 g/mol. The zero-order valence-corrected chi connectivity index (χ0v) is 17.4. The Morgan fingerprint density at radius 3 is 2.47 bits per heavy atom. The molecule has 30 heavy (non-hydrogen) atoms. The summed E-state index contributed by atoms with van der Waals surface area (Å²) < 4.78 is 10.2. The lowest BCUT2D eigenvalue weighted by Gasteiger charge is -2.31. The Morgan fingerprint density at radius 2 is 1.90 bits per heavy atom. The van der Waals surface area contributed by atoms with E-state index in [0.717, 1.165) is 43.2 Å². The summed E-state index contributed by atoms with van der Waals surface area (Å²) >= 11 is 0.